The zero-order valence-corrected chi connectivity index (χ0v) is 12.5. The Labute approximate surface area is 124 Å². The second-order valence-corrected chi connectivity index (χ2v) is 4.91. The lowest BCUT2D eigenvalue weighted by Crippen LogP contribution is -2.36. The van der Waals surface area contributed by atoms with Crippen molar-refractivity contribution < 1.29 is 9.53 Å². The molecule has 0 saturated carbocycles. The van der Waals surface area contributed by atoms with Crippen LogP contribution in [0.2, 0.25) is 0 Å². The number of aromatic nitrogens is 2. The van der Waals surface area contributed by atoms with Crippen LogP contribution < -0.4 is 10.1 Å². The highest BCUT2D eigenvalue weighted by Crippen LogP contribution is 2.22. The minimum Gasteiger partial charge on any atom is -0.497 e. The number of benzene rings is 1. The minimum absolute atomic E-state index is 0.0626. The number of rotatable bonds is 5. The third kappa shape index (κ3) is 3.82. The third-order valence-electron chi connectivity index (χ3n) is 3.29. The summed E-state index contributed by atoms with van der Waals surface area (Å²) in [6.07, 6.45) is 4.67. The first-order valence-electron chi connectivity index (χ1n) is 6.68. The molecule has 112 valence electrons. The van der Waals surface area contributed by atoms with Crippen molar-refractivity contribution in [3.8, 4) is 5.75 Å². The van der Waals surface area contributed by atoms with Gasteiger partial charge >= 0.3 is 6.03 Å². The van der Waals surface area contributed by atoms with Gasteiger partial charge in [-0.25, -0.2) is 9.78 Å². The maximum absolute atomic E-state index is 12.0. The van der Waals surface area contributed by atoms with Crippen LogP contribution in [-0.2, 0) is 0 Å². The Morgan fingerprint density at radius 1 is 1.48 bits per heavy atom. The van der Waals surface area contributed by atoms with Crippen LogP contribution in [-0.4, -0.2) is 48.2 Å². The van der Waals surface area contributed by atoms with Crippen molar-refractivity contribution in [2.45, 2.75) is 6.04 Å². The fraction of sp³-hybridized carbons (Fsp3) is 0.333. The van der Waals surface area contributed by atoms with E-state index < -0.39 is 0 Å². The normalized spacial score (nSPS) is 12.2. The van der Waals surface area contributed by atoms with Crippen molar-refractivity contribution in [3.05, 3.63) is 48.5 Å². The first-order chi connectivity index (χ1) is 10.1. The lowest BCUT2D eigenvalue weighted by molar-refractivity contribution is 0.234. The van der Waals surface area contributed by atoms with Crippen molar-refractivity contribution in [2.75, 3.05) is 27.7 Å². The van der Waals surface area contributed by atoms with E-state index in [9.17, 15) is 4.79 Å². The van der Waals surface area contributed by atoms with E-state index in [0.717, 1.165) is 11.3 Å². The molecule has 0 aliphatic carbocycles. The molecule has 6 heteroatoms. The molecule has 1 N–H and O–H groups in total. The van der Waals surface area contributed by atoms with Crippen molar-refractivity contribution in [2.24, 2.45) is 0 Å². The summed E-state index contributed by atoms with van der Waals surface area (Å²) in [5.74, 6) is 0.806. The average molecular weight is 288 g/mol. The number of hydrogen-bond acceptors (Lipinski definition) is 4. The van der Waals surface area contributed by atoms with Gasteiger partial charge in [-0.3, -0.25) is 4.57 Å². The summed E-state index contributed by atoms with van der Waals surface area (Å²) in [4.78, 5) is 17.9. The van der Waals surface area contributed by atoms with Crippen LogP contribution in [0.3, 0.4) is 0 Å². The van der Waals surface area contributed by atoms with Crippen molar-refractivity contribution >= 4 is 6.03 Å². The summed E-state index contributed by atoms with van der Waals surface area (Å²) in [7, 11) is 5.60. The van der Waals surface area contributed by atoms with Gasteiger partial charge in [0.05, 0.1) is 13.2 Å². The zero-order chi connectivity index (χ0) is 15.2. The maximum atomic E-state index is 12.0. The summed E-state index contributed by atoms with van der Waals surface area (Å²) in [6.45, 7) is 0.497. The highest BCUT2D eigenvalue weighted by atomic mass is 16.5. The van der Waals surface area contributed by atoms with E-state index in [-0.39, 0.29) is 12.1 Å². The van der Waals surface area contributed by atoms with Gasteiger partial charge in [-0.1, -0.05) is 12.1 Å². The smallest absolute Gasteiger partial charge is 0.326 e. The van der Waals surface area contributed by atoms with Gasteiger partial charge < -0.3 is 15.0 Å². The highest BCUT2D eigenvalue weighted by molar-refractivity contribution is 5.76. The maximum Gasteiger partial charge on any atom is 0.326 e. The lowest BCUT2D eigenvalue weighted by atomic mass is 10.1. The summed E-state index contributed by atoms with van der Waals surface area (Å²) in [6, 6.07) is 7.72. The van der Waals surface area contributed by atoms with Crippen molar-refractivity contribution in [3.63, 3.8) is 0 Å². The molecule has 1 atom stereocenters. The van der Waals surface area contributed by atoms with E-state index in [2.05, 4.69) is 15.2 Å². The Balaban J connectivity index is 2.07. The van der Waals surface area contributed by atoms with Gasteiger partial charge in [-0.2, -0.15) is 0 Å². The van der Waals surface area contributed by atoms with Gasteiger partial charge in [0, 0.05) is 18.9 Å². The van der Waals surface area contributed by atoms with Crippen LogP contribution in [0, 0.1) is 0 Å². The van der Waals surface area contributed by atoms with Gasteiger partial charge in [0.25, 0.3) is 0 Å². The number of carbonyl (C=O) groups is 1. The lowest BCUT2D eigenvalue weighted by Gasteiger charge is -2.25. The molecular weight excluding hydrogens is 268 g/mol. The largest absolute Gasteiger partial charge is 0.497 e. The molecule has 0 aliphatic heterocycles. The standard InChI is InChI=1S/C15H20N4O2/c1-18(2)14(12-5-4-6-13(9-12)21-3)10-17-15(20)19-8-7-16-11-19/h4-9,11,14H,10H2,1-3H3,(H,17,20)/t14-/m0/s1. The molecule has 2 rings (SSSR count). The molecule has 0 radical (unpaired) electrons. The van der Waals surface area contributed by atoms with E-state index in [4.69, 9.17) is 4.74 Å². The van der Waals surface area contributed by atoms with Crippen LogP contribution in [0.5, 0.6) is 5.75 Å². The molecule has 21 heavy (non-hydrogen) atoms. The van der Waals surface area contributed by atoms with Gasteiger partial charge in [0.15, 0.2) is 0 Å². The fourth-order valence-electron chi connectivity index (χ4n) is 2.10. The number of amides is 1. The fourth-order valence-corrected chi connectivity index (χ4v) is 2.10. The first-order valence-corrected chi connectivity index (χ1v) is 6.68. The summed E-state index contributed by atoms with van der Waals surface area (Å²) in [5, 5.41) is 2.90. The van der Waals surface area contributed by atoms with Gasteiger partial charge in [0.2, 0.25) is 0 Å². The topological polar surface area (TPSA) is 59.4 Å². The van der Waals surface area contributed by atoms with E-state index in [1.807, 2.05) is 38.4 Å². The third-order valence-corrected chi connectivity index (χ3v) is 3.29. The highest BCUT2D eigenvalue weighted by Gasteiger charge is 2.16. The van der Waals surface area contributed by atoms with E-state index in [0.29, 0.717) is 6.54 Å². The van der Waals surface area contributed by atoms with Crippen LogP contribution in [0.1, 0.15) is 11.6 Å². The van der Waals surface area contributed by atoms with Gasteiger partial charge in [0.1, 0.15) is 12.1 Å². The van der Waals surface area contributed by atoms with Crippen molar-refractivity contribution in [1.29, 1.82) is 0 Å². The van der Waals surface area contributed by atoms with Gasteiger partial charge in [-0.15, -0.1) is 0 Å². The molecule has 1 aromatic heterocycles. The van der Waals surface area contributed by atoms with E-state index in [1.165, 1.54) is 10.9 Å². The minimum atomic E-state index is -0.192. The monoisotopic (exact) mass is 288 g/mol. The number of hydrogen-bond donors (Lipinski definition) is 1. The Morgan fingerprint density at radius 3 is 2.90 bits per heavy atom. The Hall–Kier alpha value is -2.34. The first kappa shape index (κ1) is 15.1. The molecule has 1 amide bonds. The number of ether oxygens (including phenoxy) is 1. The molecule has 1 aromatic carbocycles. The van der Waals surface area contributed by atoms with E-state index >= 15 is 0 Å². The average Bonchev–Trinajstić information content (AvgIpc) is 3.01. The van der Waals surface area contributed by atoms with Crippen LogP contribution >= 0.6 is 0 Å². The molecule has 0 fully saturated rings. The molecular formula is C15H20N4O2. The Morgan fingerprint density at radius 2 is 2.29 bits per heavy atom. The molecule has 0 spiro atoms. The molecule has 6 nitrogen and oxygen atoms in total. The number of methoxy groups -OCH3 is 1. The second kappa shape index (κ2) is 6.90. The number of imidazole rings is 1. The number of nitrogens with zero attached hydrogens (tertiary/aromatic N) is 3. The van der Waals surface area contributed by atoms with Crippen LogP contribution in [0.4, 0.5) is 4.79 Å². The number of carbonyl (C=O) groups excluding carboxylic acids is 1. The van der Waals surface area contributed by atoms with Crippen LogP contribution in [0.25, 0.3) is 0 Å². The predicted molar refractivity (Wildman–Crippen MR) is 80.4 cm³/mol. The van der Waals surface area contributed by atoms with E-state index in [1.54, 1.807) is 19.5 Å². The molecule has 2 aromatic rings. The summed E-state index contributed by atoms with van der Waals surface area (Å²) < 4.78 is 6.67. The van der Waals surface area contributed by atoms with Crippen molar-refractivity contribution in [1.82, 2.24) is 19.8 Å². The molecule has 0 saturated heterocycles. The number of nitrogens with one attached hydrogen (secondary N) is 1. The second-order valence-electron chi connectivity index (χ2n) is 4.91. The summed E-state index contributed by atoms with van der Waals surface area (Å²) >= 11 is 0. The molecule has 0 unspecified atom stereocenters. The summed E-state index contributed by atoms with van der Waals surface area (Å²) in [5.41, 5.74) is 1.09. The zero-order valence-electron chi connectivity index (χ0n) is 12.5. The predicted octanol–water partition coefficient (Wildman–Crippen LogP) is 1.75. The molecule has 1 heterocycles. The van der Waals surface area contributed by atoms with Crippen LogP contribution in [0.15, 0.2) is 43.0 Å². The number of likely N-dealkylation sites (N-methyl/N-ethyl adjacent to an activating group) is 1. The Bertz CT molecular complexity index is 581. The quantitative estimate of drug-likeness (QED) is 0.910. The Kier molecular flexibility index (Phi) is 4.94. The molecule has 0 bridgehead atoms. The SMILES string of the molecule is COc1cccc([C@H](CNC(=O)n2ccnc2)N(C)C)c1. The van der Waals surface area contributed by atoms with Gasteiger partial charge in [-0.05, 0) is 31.8 Å². The molecule has 0 aliphatic rings.